The van der Waals surface area contributed by atoms with Gasteiger partial charge in [-0.2, -0.15) is 0 Å². The monoisotopic (exact) mass is 530 g/mol. The summed E-state index contributed by atoms with van der Waals surface area (Å²) in [5.41, 5.74) is -0.108. The van der Waals surface area contributed by atoms with E-state index < -0.39 is 17.5 Å². The first-order valence-electron chi connectivity index (χ1n) is 15.0. The minimum absolute atomic E-state index is 0.0420. The lowest BCUT2D eigenvalue weighted by Crippen LogP contribution is -2.68. The van der Waals surface area contributed by atoms with Crippen molar-refractivity contribution in [3.05, 3.63) is 11.6 Å². The van der Waals surface area contributed by atoms with Crippen LogP contribution in [0.25, 0.3) is 0 Å². The van der Waals surface area contributed by atoms with Crippen molar-refractivity contribution in [2.45, 2.75) is 119 Å². The standard InChI is InChI=1S/C32H50O6/c1-18-9-14-32(27(34)35)16-15-30(7)21(25(32)19(18)2)17-22(38-36)26-29(6)12-11-24(37-20(3)33)28(4,5)23(29)10-13-31(26,30)8/h17-19,22-26,36H,9-16H2,1-8H3,(H,34,35). The van der Waals surface area contributed by atoms with Gasteiger partial charge in [0, 0.05) is 18.3 Å². The molecule has 0 amide bonds. The lowest BCUT2D eigenvalue weighted by atomic mass is 9.33. The number of rotatable bonds is 3. The van der Waals surface area contributed by atoms with Crippen molar-refractivity contribution >= 4 is 11.9 Å². The molecule has 11 atom stereocenters. The fraction of sp³-hybridized carbons (Fsp3) is 0.875. The van der Waals surface area contributed by atoms with E-state index in [4.69, 9.17) is 9.62 Å². The molecule has 2 N–H and O–H groups in total. The summed E-state index contributed by atoms with van der Waals surface area (Å²) in [4.78, 5) is 30.3. The maximum atomic E-state index is 12.9. The number of ether oxygens (including phenoxy) is 1. The van der Waals surface area contributed by atoms with Crippen LogP contribution >= 0.6 is 0 Å². The molecule has 4 saturated carbocycles. The highest BCUT2D eigenvalue weighted by Crippen LogP contribution is 2.76. The van der Waals surface area contributed by atoms with Gasteiger partial charge in [-0.05, 0) is 91.3 Å². The molecule has 4 fully saturated rings. The molecule has 0 aromatic rings. The van der Waals surface area contributed by atoms with Crippen molar-refractivity contribution in [3.8, 4) is 0 Å². The summed E-state index contributed by atoms with van der Waals surface area (Å²) in [6, 6.07) is 0. The van der Waals surface area contributed by atoms with E-state index in [1.165, 1.54) is 12.5 Å². The van der Waals surface area contributed by atoms with E-state index in [1.54, 1.807) is 0 Å². The van der Waals surface area contributed by atoms with Crippen LogP contribution in [0.4, 0.5) is 0 Å². The number of esters is 1. The fourth-order valence-electron chi connectivity index (χ4n) is 11.4. The third kappa shape index (κ3) is 3.44. The van der Waals surface area contributed by atoms with Crippen molar-refractivity contribution in [1.82, 2.24) is 0 Å². The van der Waals surface area contributed by atoms with E-state index in [9.17, 15) is 20.0 Å². The smallest absolute Gasteiger partial charge is 0.310 e. The molecule has 0 aromatic heterocycles. The molecule has 0 spiro atoms. The van der Waals surface area contributed by atoms with Gasteiger partial charge in [-0.1, -0.05) is 60.1 Å². The molecule has 0 aromatic carbocycles. The van der Waals surface area contributed by atoms with E-state index in [0.717, 1.165) is 44.9 Å². The topological polar surface area (TPSA) is 93.1 Å². The number of carbonyl (C=O) groups excluding carboxylic acids is 1. The molecule has 5 aliphatic rings. The quantitative estimate of drug-likeness (QED) is 0.174. The summed E-state index contributed by atoms with van der Waals surface area (Å²) in [7, 11) is 0. The first kappa shape index (κ1) is 28.1. The van der Waals surface area contributed by atoms with Crippen molar-refractivity contribution < 1.29 is 29.6 Å². The predicted molar refractivity (Wildman–Crippen MR) is 145 cm³/mol. The van der Waals surface area contributed by atoms with Crippen LogP contribution in [0.1, 0.15) is 107 Å². The summed E-state index contributed by atoms with van der Waals surface area (Å²) in [6.45, 7) is 17.7. The molecule has 5 aliphatic carbocycles. The molecule has 0 bridgehead atoms. The average molecular weight is 531 g/mol. The van der Waals surface area contributed by atoms with Gasteiger partial charge in [0.05, 0.1) is 5.41 Å². The molecule has 0 saturated heterocycles. The molecule has 6 nitrogen and oxygen atoms in total. The molecule has 0 aliphatic heterocycles. The summed E-state index contributed by atoms with van der Waals surface area (Å²) >= 11 is 0. The zero-order chi connectivity index (χ0) is 28.1. The molecular weight excluding hydrogens is 480 g/mol. The van der Waals surface area contributed by atoms with Gasteiger partial charge in [0.25, 0.3) is 0 Å². The fourth-order valence-corrected chi connectivity index (χ4v) is 11.4. The van der Waals surface area contributed by atoms with Crippen LogP contribution in [0, 0.1) is 56.7 Å². The molecule has 0 radical (unpaired) electrons. The summed E-state index contributed by atoms with van der Waals surface area (Å²) in [5.74, 6) is 0.201. The molecule has 214 valence electrons. The molecule has 11 unspecified atom stereocenters. The number of carbonyl (C=O) groups is 2. The third-order valence-corrected chi connectivity index (χ3v) is 13.7. The van der Waals surface area contributed by atoms with Crippen LogP contribution in [0.3, 0.4) is 0 Å². The molecule has 38 heavy (non-hydrogen) atoms. The summed E-state index contributed by atoms with van der Waals surface area (Å²) in [6.07, 6.45) is 8.55. The van der Waals surface area contributed by atoms with E-state index in [2.05, 4.69) is 54.5 Å². The number of fused-ring (bicyclic) bond motifs is 7. The van der Waals surface area contributed by atoms with Gasteiger partial charge in [-0.15, -0.1) is 0 Å². The van der Waals surface area contributed by atoms with Gasteiger partial charge in [0.1, 0.15) is 12.2 Å². The number of carboxylic acid groups (broad SMARTS) is 1. The van der Waals surface area contributed by atoms with E-state index in [1.807, 2.05) is 0 Å². The predicted octanol–water partition coefficient (Wildman–Crippen LogP) is 7.13. The van der Waals surface area contributed by atoms with Gasteiger partial charge >= 0.3 is 11.9 Å². The number of carboxylic acids is 1. The van der Waals surface area contributed by atoms with Crippen molar-refractivity contribution in [2.75, 3.05) is 0 Å². The van der Waals surface area contributed by atoms with Gasteiger partial charge in [-0.3, -0.25) is 14.8 Å². The SMILES string of the molecule is CC(=O)OC1CCC2(C)C(CCC3(C)C2C(OO)C=C2C4C(C)C(C)CCC4(C(=O)O)CCC23C)C1(C)C. The molecule has 6 heteroatoms. The van der Waals surface area contributed by atoms with Crippen LogP contribution in [0.5, 0.6) is 0 Å². The minimum atomic E-state index is -0.730. The largest absolute Gasteiger partial charge is 0.481 e. The van der Waals surface area contributed by atoms with Gasteiger partial charge < -0.3 is 9.84 Å². The Morgan fingerprint density at radius 3 is 2.24 bits per heavy atom. The van der Waals surface area contributed by atoms with Gasteiger partial charge in [-0.25, -0.2) is 4.89 Å². The Morgan fingerprint density at radius 1 is 0.947 bits per heavy atom. The highest BCUT2D eigenvalue weighted by Gasteiger charge is 2.71. The number of allylic oxidation sites excluding steroid dienone is 1. The first-order valence-corrected chi connectivity index (χ1v) is 15.0. The molecular formula is C32H50O6. The second-order valence-corrected chi connectivity index (χ2v) is 15.3. The highest BCUT2D eigenvalue weighted by molar-refractivity contribution is 5.76. The maximum Gasteiger partial charge on any atom is 0.310 e. The lowest BCUT2D eigenvalue weighted by Gasteiger charge is -2.72. The molecule has 5 rings (SSSR count). The van der Waals surface area contributed by atoms with Crippen molar-refractivity contribution in [1.29, 1.82) is 0 Å². The number of hydrogen-bond donors (Lipinski definition) is 2. The minimum Gasteiger partial charge on any atom is -0.481 e. The van der Waals surface area contributed by atoms with Gasteiger partial charge in [0.15, 0.2) is 0 Å². The first-order chi connectivity index (χ1) is 17.6. The third-order valence-electron chi connectivity index (χ3n) is 13.7. The van der Waals surface area contributed by atoms with Crippen LogP contribution in [-0.4, -0.2) is 34.5 Å². The zero-order valence-corrected chi connectivity index (χ0v) is 24.8. The Kier molecular flexibility index (Phi) is 6.52. The van der Waals surface area contributed by atoms with Crippen molar-refractivity contribution in [3.63, 3.8) is 0 Å². The summed E-state index contributed by atoms with van der Waals surface area (Å²) < 4.78 is 5.85. The van der Waals surface area contributed by atoms with E-state index in [-0.39, 0.29) is 51.5 Å². The number of aliphatic carboxylic acids is 1. The van der Waals surface area contributed by atoms with Crippen LogP contribution in [0.15, 0.2) is 11.6 Å². The average Bonchev–Trinajstić information content (AvgIpc) is 2.83. The zero-order valence-electron chi connectivity index (χ0n) is 24.8. The van der Waals surface area contributed by atoms with Crippen LogP contribution in [-0.2, 0) is 19.2 Å². The normalized spacial score (nSPS) is 51.4. The Morgan fingerprint density at radius 2 is 1.63 bits per heavy atom. The summed E-state index contributed by atoms with van der Waals surface area (Å²) in [5, 5.41) is 21.1. The van der Waals surface area contributed by atoms with Gasteiger partial charge in [0.2, 0.25) is 0 Å². The Balaban J connectivity index is 1.64. The van der Waals surface area contributed by atoms with Crippen LogP contribution < -0.4 is 0 Å². The van der Waals surface area contributed by atoms with Crippen LogP contribution in [0.2, 0.25) is 0 Å². The Bertz CT molecular complexity index is 1030. The van der Waals surface area contributed by atoms with E-state index >= 15 is 0 Å². The molecule has 0 heterocycles. The highest BCUT2D eigenvalue weighted by atomic mass is 17.1. The second-order valence-electron chi connectivity index (χ2n) is 15.3. The number of hydrogen-bond acceptors (Lipinski definition) is 5. The maximum absolute atomic E-state index is 12.9. The van der Waals surface area contributed by atoms with E-state index in [0.29, 0.717) is 18.3 Å². The Labute approximate surface area is 228 Å². The lowest BCUT2D eigenvalue weighted by molar-refractivity contribution is -0.323. The second kappa shape index (κ2) is 8.80. The van der Waals surface area contributed by atoms with Crippen molar-refractivity contribution in [2.24, 2.45) is 56.7 Å². The Hall–Kier alpha value is -1.40.